The van der Waals surface area contributed by atoms with Crippen LogP contribution in [-0.4, -0.2) is 29.7 Å². The molecule has 3 aromatic rings. The van der Waals surface area contributed by atoms with Crippen molar-refractivity contribution in [1.82, 2.24) is 23.8 Å². The van der Waals surface area contributed by atoms with E-state index in [1.54, 1.807) is 19.9 Å². The number of hydrogen-bond acceptors (Lipinski definition) is 6. The molecule has 0 unspecified atom stereocenters. The van der Waals surface area contributed by atoms with Gasteiger partial charge in [-0.15, -0.1) is 0 Å². The minimum atomic E-state index is -0.775. The van der Waals surface area contributed by atoms with Gasteiger partial charge in [0.1, 0.15) is 17.5 Å². The fourth-order valence-corrected chi connectivity index (χ4v) is 2.51. The third kappa shape index (κ3) is 2.32. The predicted octanol–water partition coefficient (Wildman–Crippen LogP) is -0.712. The number of fused-ring (bicyclic) bond motifs is 1. The second-order valence-electron chi connectivity index (χ2n) is 5.56. The van der Waals surface area contributed by atoms with Crippen molar-refractivity contribution in [2.24, 2.45) is 12.8 Å². The third-order valence-corrected chi connectivity index (χ3v) is 3.88. The van der Waals surface area contributed by atoms with Crippen LogP contribution in [0.3, 0.4) is 0 Å². The topological polar surface area (TPSA) is 131 Å². The van der Waals surface area contributed by atoms with E-state index >= 15 is 0 Å². The second kappa shape index (κ2) is 5.48. The monoisotopic (exact) mass is 332 g/mol. The van der Waals surface area contributed by atoms with Gasteiger partial charge in [-0.25, -0.2) is 9.78 Å². The normalized spacial score (nSPS) is 12.6. The van der Waals surface area contributed by atoms with E-state index < -0.39 is 23.2 Å². The molecular weight excluding hydrogens is 316 g/mol. The van der Waals surface area contributed by atoms with Crippen molar-refractivity contribution >= 4 is 17.1 Å². The summed E-state index contributed by atoms with van der Waals surface area (Å²) in [6, 6.07) is 0.863. The van der Waals surface area contributed by atoms with E-state index in [1.807, 2.05) is 0 Å². The number of rotatable bonds is 4. The van der Waals surface area contributed by atoms with Gasteiger partial charge < -0.3 is 14.8 Å². The predicted molar refractivity (Wildman–Crippen MR) is 83.5 cm³/mol. The molecule has 10 heteroatoms. The molecule has 0 radical (unpaired) electrons. The molecule has 1 amide bonds. The SMILES string of the molecule is Cc1cc(Cn2c(=O)c3c(ncn3[C@@H](C)C(N)=O)n(C)c2=O)no1. The zero-order valence-corrected chi connectivity index (χ0v) is 13.4. The van der Waals surface area contributed by atoms with Gasteiger partial charge in [0.2, 0.25) is 5.91 Å². The Morgan fingerprint density at radius 3 is 2.71 bits per heavy atom. The molecule has 0 aliphatic heterocycles. The second-order valence-corrected chi connectivity index (χ2v) is 5.56. The Balaban J connectivity index is 2.27. The minimum Gasteiger partial charge on any atom is -0.368 e. The highest BCUT2D eigenvalue weighted by Gasteiger charge is 2.21. The maximum atomic E-state index is 12.8. The van der Waals surface area contributed by atoms with E-state index in [0.717, 1.165) is 4.57 Å². The van der Waals surface area contributed by atoms with Gasteiger partial charge in [0.05, 0.1) is 12.9 Å². The van der Waals surface area contributed by atoms with Gasteiger partial charge in [-0.3, -0.25) is 18.7 Å². The van der Waals surface area contributed by atoms with Crippen LogP contribution in [0.1, 0.15) is 24.4 Å². The number of amides is 1. The first-order valence-electron chi connectivity index (χ1n) is 7.19. The number of carbonyl (C=O) groups excluding carboxylic acids is 1. The van der Waals surface area contributed by atoms with E-state index in [-0.39, 0.29) is 17.7 Å². The highest BCUT2D eigenvalue weighted by molar-refractivity contribution is 5.81. The molecule has 0 saturated heterocycles. The van der Waals surface area contributed by atoms with Crippen LogP contribution in [0.15, 0.2) is 26.5 Å². The molecule has 3 aromatic heterocycles. The van der Waals surface area contributed by atoms with Crippen molar-refractivity contribution in [3.63, 3.8) is 0 Å². The number of nitrogens with zero attached hydrogens (tertiary/aromatic N) is 5. The van der Waals surface area contributed by atoms with Gasteiger partial charge in [-0.2, -0.15) is 0 Å². The zero-order valence-electron chi connectivity index (χ0n) is 13.4. The molecule has 1 atom stereocenters. The van der Waals surface area contributed by atoms with E-state index in [0.29, 0.717) is 11.5 Å². The van der Waals surface area contributed by atoms with Gasteiger partial charge >= 0.3 is 5.69 Å². The van der Waals surface area contributed by atoms with Gasteiger partial charge in [-0.1, -0.05) is 5.16 Å². The number of hydrogen-bond donors (Lipinski definition) is 1. The maximum Gasteiger partial charge on any atom is 0.332 e. The quantitative estimate of drug-likeness (QED) is 0.671. The average Bonchev–Trinajstić information content (AvgIpc) is 3.15. The summed E-state index contributed by atoms with van der Waals surface area (Å²) >= 11 is 0. The highest BCUT2D eigenvalue weighted by atomic mass is 16.5. The third-order valence-electron chi connectivity index (χ3n) is 3.88. The van der Waals surface area contributed by atoms with Crippen molar-refractivity contribution in [3.8, 4) is 0 Å². The number of aromatic nitrogens is 5. The molecule has 0 aliphatic rings. The summed E-state index contributed by atoms with van der Waals surface area (Å²) in [6.07, 6.45) is 1.32. The number of imidazole rings is 1. The summed E-state index contributed by atoms with van der Waals surface area (Å²) in [5.41, 5.74) is 4.97. The summed E-state index contributed by atoms with van der Waals surface area (Å²) in [4.78, 5) is 40.8. The molecule has 10 nitrogen and oxygen atoms in total. The molecule has 0 spiro atoms. The van der Waals surface area contributed by atoms with Crippen LogP contribution in [0.25, 0.3) is 11.2 Å². The van der Waals surface area contributed by atoms with E-state index in [9.17, 15) is 14.4 Å². The summed E-state index contributed by atoms with van der Waals surface area (Å²) < 4.78 is 8.59. The van der Waals surface area contributed by atoms with Crippen LogP contribution in [0, 0.1) is 6.92 Å². The Labute approximate surface area is 135 Å². The lowest BCUT2D eigenvalue weighted by Gasteiger charge is -2.11. The zero-order chi connectivity index (χ0) is 17.6. The average molecular weight is 332 g/mol. The van der Waals surface area contributed by atoms with E-state index in [2.05, 4.69) is 10.1 Å². The smallest absolute Gasteiger partial charge is 0.332 e. The van der Waals surface area contributed by atoms with E-state index in [4.69, 9.17) is 10.3 Å². The molecule has 0 aromatic carbocycles. The molecule has 24 heavy (non-hydrogen) atoms. The largest absolute Gasteiger partial charge is 0.368 e. The van der Waals surface area contributed by atoms with Crippen molar-refractivity contribution in [2.75, 3.05) is 0 Å². The minimum absolute atomic E-state index is 0.0467. The lowest BCUT2D eigenvalue weighted by atomic mass is 10.3. The standard InChI is InChI=1S/C14H16N6O4/c1-7-4-9(17-24-7)5-19-13(22)10-12(18(3)14(19)23)16-6-20(10)8(2)11(15)21/h4,6,8H,5H2,1-3H3,(H2,15,21)/t8-/m0/s1. The van der Waals surface area contributed by atoms with Gasteiger partial charge in [0, 0.05) is 13.1 Å². The molecule has 0 aliphatic carbocycles. The van der Waals surface area contributed by atoms with Gasteiger partial charge in [0.15, 0.2) is 11.2 Å². The van der Waals surface area contributed by atoms with Gasteiger partial charge in [-0.05, 0) is 13.8 Å². The Kier molecular flexibility index (Phi) is 3.59. The van der Waals surface area contributed by atoms with Crippen molar-refractivity contribution in [1.29, 1.82) is 0 Å². The molecule has 0 fully saturated rings. The van der Waals surface area contributed by atoms with Crippen LogP contribution < -0.4 is 17.0 Å². The summed E-state index contributed by atoms with van der Waals surface area (Å²) in [7, 11) is 1.50. The molecule has 126 valence electrons. The van der Waals surface area contributed by atoms with Crippen LogP contribution in [0.5, 0.6) is 0 Å². The first-order valence-corrected chi connectivity index (χ1v) is 7.19. The van der Waals surface area contributed by atoms with Crippen LogP contribution in [0.2, 0.25) is 0 Å². The Bertz CT molecular complexity index is 1050. The lowest BCUT2D eigenvalue weighted by Crippen LogP contribution is -2.40. The molecule has 0 saturated carbocycles. The maximum absolute atomic E-state index is 12.8. The Hall–Kier alpha value is -3.17. The van der Waals surface area contributed by atoms with Crippen LogP contribution in [0.4, 0.5) is 0 Å². The Morgan fingerprint density at radius 1 is 1.42 bits per heavy atom. The fourth-order valence-electron chi connectivity index (χ4n) is 2.51. The first kappa shape index (κ1) is 15.7. The fraction of sp³-hybridized carbons (Fsp3) is 0.357. The van der Waals surface area contributed by atoms with Crippen molar-refractivity contribution in [2.45, 2.75) is 26.4 Å². The number of primary amides is 1. The highest BCUT2D eigenvalue weighted by Crippen LogP contribution is 2.13. The number of nitrogens with two attached hydrogens (primary N) is 1. The number of aryl methyl sites for hydroxylation is 2. The molecular formula is C14H16N6O4. The lowest BCUT2D eigenvalue weighted by molar-refractivity contribution is -0.120. The van der Waals surface area contributed by atoms with Crippen molar-refractivity contribution in [3.05, 3.63) is 44.7 Å². The molecule has 0 bridgehead atoms. The van der Waals surface area contributed by atoms with Crippen LogP contribution >= 0.6 is 0 Å². The summed E-state index contributed by atoms with van der Waals surface area (Å²) in [5, 5.41) is 3.80. The van der Waals surface area contributed by atoms with Crippen molar-refractivity contribution < 1.29 is 9.32 Å². The van der Waals surface area contributed by atoms with E-state index in [1.165, 1.54) is 22.5 Å². The molecule has 2 N–H and O–H groups in total. The first-order chi connectivity index (χ1) is 11.3. The molecule has 3 rings (SSSR count). The summed E-state index contributed by atoms with van der Waals surface area (Å²) in [5.74, 6) is -0.0374. The summed E-state index contributed by atoms with van der Waals surface area (Å²) in [6.45, 7) is 3.22. The number of carbonyl (C=O) groups is 1. The molecule has 3 heterocycles. The van der Waals surface area contributed by atoms with Crippen LogP contribution in [-0.2, 0) is 18.4 Å². The Morgan fingerprint density at radius 2 is 2.12 bits per heavy atom. The van der Waals surface area contributed by atoms with Gasteiger partial charge in [0.25, 0.3) is 5.56 Å².